The third-order valence-electron chi connectivity index (χ3n) is 3.17. The van der Waals surface area contributed by atoms with Gasteiger partial charge in [-0.3, -0.25) is 10.1 Å². The highest BCUT2D eigenvalue weighted by atomic mass is 32.2. The number of benzene rings is 1. The van der Waals surface area contributed by atoms with Gasteiger partial charge in [-0.25, -0.2) is 17.5 Å². The number of nitro benzene ring substituents is 1. The lowest BCUT2D eigenvalue weighted by Gasteiger charge is -2.09. The molecule has 0 aliphatic heterocycles. The number of anilines is 1. The Bertz CT molecular complexity index is 865. The molecule has 0 aliphatic rings. The van der Waals surface area contributed by atoms with Crippen molar-refractivity contribution >= 4 is 32.7 Å². The average Bonchev–Trinajstić information content (AvgIpc) is 2.84. The minimum Gasteiger partial charge on any atom is -0.378 e. The Kier molecular flexibility index (Phi) is 5.52. The number of aryl methyl sites for hydroxylation is 2. The molecule has 0 radical (unpaired) electrons. The molecule has 0 spiro atoms. The van der Waals surface area contributed by atoms with Crippen molar-refractivity contribution in [2.45, 2.75) is 18.7 Å². The highest BCUT2D eigenvalue weighted by molar-refractivity contribution is 7.89. The van der Waals surface area contributed by atoms with Crippen molar-refractivity contribution in [1.82, 2.24) is 4.72 Å². The van der Waals surface area contributed by atoms with Crippen LogP contribution in [0.1, 0.15) is 9.75 Å². The molecule has 0 atom stereocenters. The zero-order valence-electron chi connectivity index (χ0n) is 13.0. The summed E-state index contributed by atoms with van der Waals surface area (Å²) in [4.78, 5) is 12.0. The molecule has 0 aliphatic carbocycles. The van der Waals surface area contributed by atoms with Gasteiger partial charge in [-0.15, -0.1) is 11.3 Å². The van der Waals surface area contributed by atoms with Gasteiger partial charge in [0.05, 0.1) is 15.9 Å². The maximum Gasteiger partial charge on any atom is 0.295 e. The second-order valence-electron chi connectivity index (χ2n) is 5.02. The first-order valence-corrected chi connectivity index (χ1v) is 9.25. The van der Waals surface area contributed by atoms with Gasteiger partial charge >= 0.3 is 0 Å². The maximum absolute atomic E-state index is 13.1. The number of hydrogen-bond donors (Lipinski definition) is 2. The second kappa shape index (κ2) is 7.24. The summed E-state index contributed by atoms with van der Waals surface area (Å²) in [6.07, 6.45) is 0. The molecule has 0 unspecified atom stereocenters. The van der Waals surface area contributed by atoms with Crippen molar-refractivity contribution in [1.29, 1.82) is 0 Å². The van der Waals surface area contributed by atoms with E-state index >= 15 is 0 Å². The number of thiophene rings is 1. The van der Waals surface area contributed by atoms with Crippen molar-refractivity contribution in [3.8, 4) is 0 Å². The predicted octanol–water partition coefficient (Wildman–Crippen LogP) is 2.80. The summed E-state index contributed by atoms with van der Waals surface area (Å²) in [5.74, 6) is -0.712. The van der Waals surface area contributed by atoms with Gasteiger partial charge in [-0.2, -0.15) is 0 Å². The molecule has 1 aromatic carbocycles. The Balaban J connectivity index is 1.98. The van der Waals surface area contributed by atoms with E-state index in [0.717, 1.165) is 17.0 Å². The van der Waals surface area contributed by atoms with Crippen LogP contribution < -0.4 is 10.0 Å². The van der Waals surface area contributed by atoms with Crippen LogP contribution in [-0.2, 0) is 10.0 Å². The molecule has 0 fully saturated rings. The van der Waals surface area contributed by atoms with Gasteiger partial charge < -0.3 is 5.32 Å². The van der Waals surface area contributed by atoms with Crippen LogP contribution in [0.3, 0.4) is 0 Å². The molecule has 1 heterocycles. The van der Waals surface area contributed by atoms with Crippen LogP contribution in [-0.4, -0.2) is 26.4 Å². The average molecular weight is 373 g/mol. The topological polar surface area (TPSA) is 101 Å². The summed E-state index contributed by atoms with van der Waals surface area (Å²) in [6.45, 7) is 3.71. The Morgan fingerprint density at radius 3 is 2.54 bits per heavy atom. The summed E-state index contributed by atoms with van der Waals surface area (Å²) in [5.41, 5.74) is -0.273. The van der Waals surface area contributed by atoms with Gasteiger partial charge in [0.15, 0.2) is 0 Å². The molecule has 2 N–H and O–H groups in total. The van der Waals surface area contributed by atoms with Crippen LogP contribution in [0.15, 0.2) is 29.2 Å². The summed E-state index contributed by atoms with van der Waals surface area (Å²) >= 11 is 1.39. The zero-order valence-corrected chi connectivity index (χ0v) is 14.6. The second-order valence-corrected chi connectivity index (χ2v) is 8.22. The molecule has 0 saturated heterocycles. The van der Waals surface area contributed by atoms with Gasteiger partial charge in [0.25, 0.3) is 5.69 Å². The smallest absolute Gasteiger partial charge is 0.295 e. The van der Waals surface area contributed by atoms with Crippen molar-refractivity contribution in [3.63, 3.8) is 0 Å². The van der Waals surface area contributed by atoms with Crippen LogP contribution in [0.25, 0.3) is 0 Å². The summed E-state index contributed by atoms with van der Waals surface area (Å²) in [6, 6.07) is 4.75. The number of sulfonamides is 1. The maximum atomic E-state index is 13.1. The summed E-state index contributed by atoms with van der Waals surface area (Å²) in [5, 5.41) is 13.6. The van der Waals surface area contributed by atoms with Crippen molar-refractivity contribution in [2.24, 2.45) is 0 Å². The fourth-order valence-corrected chi connectivity index (χ4v) is 4.72. The van der Waals surface area contributed by atoms with E-state index in [1.807, 2.05) is 6.92 Å². The zero-order chi connectivity index (χ0) is 17.9. The molecule has 2 aromatic rings. The molecule has 2 rings (SSSR count). The first-order valence-electron chi connectivity index (χ1n) is 6.95. The Morgan fingerprint density at radius 2 is 1.96 bits per heavy atom. The number of nitrogens with zero attached hydrogens (tertiary/aromatic N) is 1. The Morgan fingerprint density at radius 1 is 1.25 bits per heavy atom. The summed E-state index contributed by atoms with van der Waals surface area (Å²) in [7, 11) is -3.63. The van der Waals surface area contributed by atoms with E-state index in [-0.39, 0.29) is 23.7 Å². The van der Waals surface area contributed by atoms with E-state index in [9.17, 15) is 22.9 Å². The van der Waals surface area contributed by atoms with Gasteiger partial charge in [-0.05, 0) is 32.0 Å². The summed E-state index contributed by atoms with van der Waals surface area (Å²) < 4.78 is 39.9. The molecule has 7 nitrogen and oxygen atoms in total. The number of rotatable bonds is 7. The fraction of sp³-hybridized carbons (Fsp3) is 0.286. The molecular formula is C14H16FN3O4S2. The fourth-order valence-electron chi connectivity index (χ4n) is 2.14. The lowest BCUT2D eigenvalue weighted by molar-refractivity contribution is -0.384. The minimum absolute atomic E-state index is 0.0329. The lowest BCUT2D eigenvalue weighted by atomic mass is 10.2. The van der Waals surface area contributed by atoms with Crippen LogP contribution in [0.2, 0.25) is 0 Å². The van der Waals surface area contributed by atoms with Crippen LogP contribution in [0.5, 0.6) is 0 Å². The standard InChI is InChI=1S/C14H16FN3O4S2/c1-9-7-14(10(2)23-9)24(21,22)17-6-5-16-12-4-3-11(15)8-13(12)18(19)20/h3-4,7-8,16-17H,5-6H2,1-2H3. The van der Waals surface area contributed by atoms with E-state index in [1.54, 1.807) is 13.0 Å². The number of halogens is 1. The predicted molar refractivity (Wildman–Crippen MR) is 90.5 cm³/mol. The minimum atomic E-state index is -3.63. The van der Waals surface area contributed by atoms with Gasteiger partial charge in [0.2, 0.25) is 10.0 Å². The molecule has 0 bridgehead atoms. The lowest BCUT2D eigenvalue weighted by Crippen LogP contribution is -2.29. The monoisotopic (exact) mass is 373 g/mol. The number of nitrogens with one attached hydrogen (secondary N) is 2. The normalized spacial score (nSPS) is 11.5. The third-order valence-corrected chi connectivity index (χ3v) is 5.86. The molecule has 0 amide bonds. The Hall–Kier alpha value is -2.04. The Labute approximate surface area is 142 Å². The van der Waals surface area contributed by atoms with Gasteiger partial charge in [0, 0.05) is 22.8 Å². The van der Waals surface area contributed by atoms with Gasteiger partial charge in [0.1, 0.15) is 11.5 Å². The molecular weight excluding hydrogens is 357 g/mol. The van der Waals surface area contributed by atoms with E-state index in [0.29, 0.717) is 4.88 Å². The molecule has 10 heteroatoms. The SMILES string of the molecule is Cc1cc(S(=O)(=O)NCCNc2ccc(F)cc2[N+](=O)[O-])c(C)s1. The molecule has 24 heavy (non-hydrogen) atoms. The van der Waals surface area contributed by atoms with Crippen molar-refractivity contribution in [3.05, 3.63) is 50.0 Å². The first-order chi connectivity index (χ1) is 11.2. The number of hydrogen-bond acceptors (Lipinski definition) is 6. The van der Waals surface area contributed by atoms with E-state index in [2.05, 4.69) is 10.0 Å². The first kappa shape index (κ1) is 18.3. The van der Waals surface area contributed by atoms with E-state index in [4.69, 9.17) is 0 Å². The molecule has 130 valence electrons. The van der Waals surface area contributed by atoms with E-state index < -0.39 is 26.5 Å². The number of nitro groups is 1. The van der Waals surface area contributed by atoms with Crippen molar-refractivity contribution < 1.29 is 17.7 Å². The molecule has 1 aromatic heterocycles. The molecule has 0 saturated carbocycles. The van der Waals surface area contributed by atoms with Crippen LogP contribution in [0.4, 0.5) is 15.8 Å². The van der Waals surface area contributed by atoms with E-state index in [1.165, 1.54) is 17.4 Å². The highest BCUT2D eigenvalue weighted by Crippen LogP contribution is 2.25. The highest BCUT2D eigenvalue weighted by Gasteiger charge is 2.19. The van der Waals surface area contributed by atoms with Crippen molar-refractivity contribution in [2.75, 3.05) is 18.4 Å². The third kappa shape index (κ3) is 4.28. The van der Waals surface area contributed by atoms with Crippen LogP contribution in [0, 0.1) is 29.8 Å². The quantitative estimate of drug-likeness (QED) is 0.441. The van der Waals surface area contributed by atoms with Gasteiger partial charge in [-0.1, -0.05) is 0 Å². The van der Waals surface area contributed by atoms with Crippen LogP contribution >= 0.6 is 11.3 Å². The largest absolute Gasteiger partial charge is 0.378 e.